The van der Waals surface area contributed by atoms with E-state index in [1.165, 1.54) is 18.2 Å². The molecule has 26 heavy (non-hydrogen) atoms. The minimum absolute atomic E-state index is 0.00307. The first-order chi connectivity index (χ1) is 12.3. The number of hydrogen-bond acceptors (Lipinski definition) is 4. The van der Waals surface area contributed by atoms with Crippen LogP contribution in [0.1, 0.15) is 5.56 Å². The van der Waals surface area contributed by atoms with E-state index in [1.807, 2.05) is 0 Å². The Morgan fingerprint density at radius 2 is 1.85 bits per heavy atom. The van der Waals surface area contributed by atoms with Crippen LogP contribution in [0.4, 0.5) is 33.7 Å². The number of urea groups is 1. The Hall–Kier alpha value is -3.30. The summed E-state index contributed by atoms with van der Waals surface area (Å²) in [6.07, 6.45) is -4.65. The molecule has 136 valence electrons. The van der Waals surface area contributed by atoms with Crippen LogP contribution in [-0.4, -0.2) is 19.2 Å². The summed E-state index contributed by atoms with van der Waals surface area (Å²) in [7, 11) is 0. The molecule has 10 heteroatoms. The highest BCUT2D eigenvalue weighted by atomic mass is 19.4. The average Bonchev–Trinajstić information content (AvgIpc) is 3.02. The van der Waals surface area contributed by atoms with Crippen LogP contribution in [0.15, 0.2) is 36.4 Å². The Balaban J connectivity index is 1.80. The molecule has 1 heterocycles. The number of ether oxygens (including phenoxy) is 2. The van der Waals surface area contributed by atoms with E-state index in [1.54, 1.807) is 0 Å². The Morgan fingerprint density at radius 1 is 1.12 bits per heavy atom. The number of rotatable bonds is 3. The maximum atomic E-state index is 13.6. The van der Waals surface area contributed by atoms with Gasteiger partial charge < -0.3 is 14.8 Å². The number of anilines is 2. The minimum Gasteiger partial charge on any atom is -0.454 e. The lowest BCUT2D eigenvalue weighted by Gasteiger charge is -2.17. The van der Waals surface area contributed by atoms with Crippen molar-refractivity contribution in [1.29, 1.82) is 0 Å². The molecule has 1 aliphatic rings. The average molecular weight is 370 g/mol. The third kappa shape index (κ3) is 3.39. The van der Waals surface area contributed by atoms with Gasteiger partial charge in [0.1, 0.15) is 5.82 Å². The number of hydrogen-bond donors (Lipinski definition) is 1. The molecule has 0 unspecified atom stereocenters. The topological polar surface area (TPSA) is 67.9 Å². The molecule has 0 saturated carbocycles. The lowest BCUT2D eigenvalue weighted by molar-refractivity contribution is -0.140. The summed E-state index contributed by atoms with van der Waals surface area (Å²) < 4.78 is 61.5. The van der Waals surface area contributed by atoms with Crippen molar-refractivity contribution in [2.24, 2.45) is 0 Å². The zero-order valence-electron chi connectivity index (χ0n) is 12.8. The third-order valence-electron chi connectivity index (χ3n) is 3.48. The van der Waals surface area contributed by atoms with E-state index in [-0.39, 0.29) is 24.6 Å². The maximum absolute atomic E-state index is 13.6. The van der Waals surface area contributed by atoms with Crippen molar-refractivity contribution in [2.45, 2.75) is 6.18 Å². The van der Waals surface area contributed by atoms with Crippen molar-refractivity contribution in [1.82, 2.24) is 0 Å². The summed E-state index contributed by atoms with van der Waals surface area (Å²) in [5, 5.41) is 2.15. The monoisotopic (exact) mass is 370 g/mol. The molecule has 0 radical (unpaired) electrons. The molecule has 3 rings (SSSR count). The second-order valence-corrected chi connectivity index (χ2v) is 5.14. The van der Waals surface area contributed by atoms with Crippen LogP contribution in [0.25, 0.3) is 0 Å². The van der Waals surface area contributed by atoms with E-state index < -0.39 is 23.6 Å². The summed E-state index contributed by atoms with van der Waals surface area (Å²) in [5.74, 6) is -0.788. The zero-order chi connectivity index (χ0) is 18.9. The molecule has 0 atom stereocenters. The molecule has 3 amide bonds. The van der Waals surface area contributed by atoms with Gasteiger partial charge in [-0.3, -0.25) is 4.79 Å². The van der Waals surface area contributed by atoms with Crippen LogP contribution in [0, 0.1) is 5.82 Å². The van der Waals surface area contributed by atoms with Gasteiger partial charge in [0.25, 0.3) is 0 Å². The van der Waals surface area contributed by atoms with Crippen molar-refractivity contribution in [3.8, 4) is 11.5 Å². The highest BCUT2D eigenvalue weighted by Gasteiger charge is 2.34. The van der Waals surface area contributed by atoms with Gasteiger partial charge in [-0.25, -0.2) is 14.1 Å². The SMILES string of the molecule is O=CN(C(=O)Nc1ccc(C(F)(F)F)c(F)c1)c1ccc2c(c1)OCO2. The molecule has 0 bridgehead atoms. The number of alkyl halides is 3. The standard InChI is InChI=1S/C16H10F4N2O4/c17-12-5-9(1-3-11(12)16(18,19)20)21-15(24)22(7-23)10-2-4-13-14(6-10)26-8-25-13/h1-7H,8H2,(H,21,24). The van der Waals surface area contributed by atoms with Crippen molar-refractivity contribution in [2.75, 3.05) is 17.0 Å². The second kappa shape index (κ2) is 6.54. The lowest BCUT2D eigenvalue weighted by Crippen LogP contribution is -2.33. The van der Waals surface area contributed by atoms with Crippen LogP contribution in [0.3, 0.4) is 0 Å². The molecule has 2 aromatic carbocycles. The molecule has 6 nitrogen and oxygen atoms in total. The van der Waals surface area contributed by atoms with Gasteiger partial charge in [0, 0.05) is 11.8 Å². The smallest absolute Gasteiger partial charge is 0.419 e. The number of nitrogens with zero attached hydrogens (tertiary/aromatic N) is 1. The number of halogens is 4. The fourth-order valence-corrected chi connectivity index (χ4v) is 2.27. The molecular formula is C16H10F4N2O4. The summed E-state index contributed by atoms with van der Waals surface area (Å²) in [6.45, 7) is -0.00307. The molecule has 1 N–H and O–H groups in total. The number of nitrogens with one attached hydrogen (secondary N) is 1. The minimum atomic E-state index is -4.85. The Labute approximate surface area is 143 Å². The van der Waals surface area contributed by atoms with Crippen LogP contribution in [0.2, 0.25) is 0 Å². The maximum Gasteiger partial charge on any atom is 0.419 e. The molecule has 0 aromatic heterocycles. The predicted molar refractivity (Wildman–Crippen MR) is 81.5 cm³/mol. The van der Waals surface area contributed by atoms with Gasteiger partial charge in [0.2, 0.25) is 13.2 Å². The van der Waals surface area contributed by atoms with Gasteiger partial charge in [-0.2, -0.15) is 13.2 Å². The fraction of sp³-hybridized carbons (Fsp3) is 0.125. The second-order valence-electron chi connectivity index (χ2n) is 5.14. The Morgan fingerprint density at radius 3 is 2.50 bits per heavy atom. The molecular weight excluding hydrogens is 360 g/mol. The van der Waals surface area contributed by atoms with E-state index in [0.29, 0.717) is 28.5 Å². The largest absolute Gasteiger partial charge is 0.454 e. The van der Waals surface area contributed by atoms with Crippen molar-refractivity contribution >= 4 is 23.8 Å². The number of benzene rings is 2. The van der Waals surface area contributed by atoms with Gasteiger partial charge in [0.05, 0.1) is 11.3 Å². The van der Waals surface area contributed by atoms with E-state index in [2.05, 4.69) is 5.32 Å². The molecule has 2 aromatic rings. The number of fused-ring (bicyclic) bond motifs is 1. The summed E-state index contributed by atoms with van der Waals surface area (Å²) >= 11 is 0. The lowest BCUT2D eigenvalue weighted by atomic mass is 10.2. The Bertz CT molecular complexity index is 870. The third-order valence-corrected chi connectivity index (χ3v) is 3.48. The van der Waals surface area contributed by atoms with Gasteiger partial charge in [-0.15, -0.1) is 0 Å². The van der Waals surface area contributed by atoms with Gasteiger partial charge >= 0.3 is 12.2 Å². The number of amides is 3. The number of carbonyl (C=O) groups is 2. The molecule has 0 spiro atoms. The Kier molecular flexibility index (Phi) is 4.41. The number of imide groups is 1. The normalized spacial score (nSPS) is 12.6. The van der Waals surface area contributed by atoms with Gasteiger partial charge in [-0.1, -0.05) is 0 Å². The first-order valence-electron chi connectivity index (χ1n) is 7.11. The van der Waals surface area contributed by atoms with Crippen LogP contribution >= 0.6 is 0 Å². The van der Waals surface area contributed by atoms with E-state index in [9.17, 15) is 27.2 Å². The van der Waals surface area contributed by atoms with Crippen LogP contribution in [0.5, 0.6) is 11.5 Å². The van der Waals surface area contributed by atoms with Gasteiger partial charge in [-0.05, 0) is 30.3 Å². The summed E-state index contributed by atoms with van der Waals surface area (Å²) in [6, 6.07) is 5.18. The quantitative estimate of drug-likeness (QED) is 0.660. The molecule has 0 saturated heterocycles. The molecule has 0 fully saturated rings. The zero-order valence-corrected chi connectivity index (χ0v) is 12.8. The summed E-state index contributed by atoms with van der Waals surface area (Å²) in [4.78, 5) is 24.1. The predicted octanol–water partition coefficient (Wildman–Crippen LogP) is 3.77. The summed E-state index contributed by atoms with van der Waals surface area (Å²) in [5.41, 5.74) is -1.57. The molecule has 0 aliphatic carbocycles. The molecule has 1 aliphatic heterocycles. The first-order valence-corrected chi connectivity index (χ1v) is 7.11. The first kappa shape index (κ1) is 17.5. The highest BCUT2D eigenvalue weighted by molar-refractivity contribution is 6.12. The highest BCUT2D eigenvalue weighted by Crippen LogP contribution is 2.35. The number of carbonyl (C=O) groups excluding carboxylic acids is 2. The van der Waals surface area contributed by atoms with E-state index in [4.69, 9.17) is 9.47 Å². The fourth-order valence-electron chi connectivity index (χ4n) is 2.27. The van der Waals surface area contributed by atoms with E-state index in [0.717, 1.165) is 6.07 Å². The van der Waals surface area contributed by atoms with E-state index >= 15 is 0 Å². The van der Waals surface area contributed by atoms with Crippen LogP contribution < -0.4 is 19.7 Å². The van der Waals surface area contributed by atoms with Crippen molar-refractivity contribution in [3.63, 3.8) is 0 Å². The van der Waals surface area contributed by atoms with Crippen molar-refractivity contribution in [3.05, 3.63) is 47.8 Å². The van der Waals surface area contributed by atoms with Crippen LogP contribution in [-0.2, 0) is 11.0 Å². The van der Waals surface area contributed by atoms with Gasteiger partial charge in [0.15, 0.2) is 11.5 Å². The van der Waals surface area contributed by atoms with Crippen molar-refractivity contribution < 1.29 is 36.6 Å².